The maximum absolute atomic E-state index is 12.3. The van der Waals surface area contributed by atoms with E-state index < -0.39 is 0 Å². The molecule has 1 aliphatic rings. The molecule has 1 unspecified atom stereocenters. The maximum atomic E-state index is 12.3. The Balaban J connectivity index is 2.05. The molecular weight excluding hydrogens is 252 g/mol. The molecule has 0 aromatic heterocycles. The van der Waals surface area contributed by atoms with E-state index in [1.807, 2.05) is 32.0 Å². The van der Waals surface area contributed by atoms with Gasteiger partial charge in [0.25, 0.3) is 0 Å². The van der Waals surface area contributed by atoms with Gasteiger partial charge in [-0.2, -0.15) is 0 Å². The van der Waals surface area contributed by atoms with Crippen LogP contribution in [0.4, 0.5) is 5.69 Å². The molecule has 1 heterocycles. The average molecular weight is 276 g/mol. The van der Waals surface area contributed by atoms with Gasteiger partial charge in [0.15, 0.2) is 0 Å². The van der Waals surface area contributed by atoms with E-state index in [2.05, 4.69) is 17.6 Å². The highest BCUT2D eigenvalue weighted by atomic mass is 16.5. The van der Waals surface area contributed by atoms with Gasteiger partial charge in [-0.3, -0.25) is 4.79 Å². The topological polar surface area (TPSA) is 50.4 Å². The minimum Gasteiger partial charge on any atom is -0.491 e. The summed E-state index contributed by atoms with van der Waals surface area (Å²) in [5.74, 6) is 1.30. The molecule has 1 fully saturated rings. The van der Waals surface area contributed by atoms with Gasteiger partial charge in [0.1, 0.15) is 5.75 Å². The molecule has 0 spiro atoms. The molecule has 0 aliphatic carbocycles. The van der Waals surface area contributed by atoms with Crippen molar-refractivity contribution in [3.05, 3.63) is 23.8 Å². The zero-order chi connectivity index (χ0) is 14.5. The summed E-state index contributed by atoms with van der Waals surface area (Å²) >= 11 is 0. The Kier molecular flexibility index (Phi) is 5.01. The van der Waals surface area contributed by atoms with Crippen molar-refractivity contribution >= 4 is 11.6 Å². The van der Waals surface area contributed by atoms with Crippen molar-refractivity contribution in [2.75, 3.05) is 25.0 Å². The zero-order valence-corrected chi connectivity index (χ0v) is 12.5. The number of carbonyl (C=O) groups excluding carboxylic acids is 1. The molecule has 110 valence electrons. The summed E-state index contributed by atoms with van der Waals surface area (Å²) in [4.78, 5) is 12.3. The summed E-state index contributed by atoms with van der Waals surface area (Å²) in [5.41, 5.74) is 1.90. The Morgan fingerprint density at radius 1 is 1.50 bits per heavy atom. The van der Waals surface area contributed by atoms with Crippen LogP contribution in [-0.4, -0.2) is 25.6 Å². The number of hydrogen-bond acceptors (Lipinski definition) is 3. The average Bonchev–Trinajstić information content (AvgIpc) is 2.36. The van der Waals surface area contributed by atoms with E-state index in [1.54, 1.807) is 0 Å². The Morgan fingerprint density at radius 3 is 2.85 bits per heavy atom. The van der Waals surface area contributed by atoms with E-state index in [-0.39, 0.29) is 11.8 Å². The first-order valence-corrected chi connectivity index (χ1v) is 7.37. The summed E-state index contributed by atoms with van der Waals surface area (Å²) in [6, 6.07) is 5.88. The minimum atomic E-state index is 0.0246. The second kappa shape index (κ2) is 6.75. The van der Waals surface area contributed by atoms with Crippen molar-refractivity contribution in [3.8, 4) is 5.75 Å². The third-order valence-electron chi connectivity index (χ3n) is 3.79. The predicted octanol–water partition coefficient (Wildman–Crippen LogP) is 2.58. The Morgan fingerprint density at radius 2 is 2.25 bits per heavy atom. The summed E-state index contributed by atoms with van der Waals surface area (Å²) in [6.07, 6.45) is 0.950. The van der Waals surface area contributed by atoms with Gasteiger partial charge in [-0.1, -0.05) is 19.9 Å². The van der Waals surface area contributed by atoms with E-state index in [1.165, 1.54) is 0 Å². The third-order valence-corrected chi connectivity index (χ3v) is 3.79. The molecule has 1 atom stereocenters. The molecule has 0 saturated carbocycles. The number of benzene rings is 1. The highest BCUT2D eigenvalue weighted by Gasteiger charge is 2.29. The molecular formula is C16H24N2O2. The van der Waals surface area contributed by atoms with Crippen LogP contribution < -0.4 is 15.4 Å². The van der Waals surface area contributed by atoms with Crippen LogP contribution in [0.3, 0.4) is 0 Å². The van der Waals surface area contributed by atoms with Crippen LogP contribution in [0, 0.1) is 18.8 Å². The normalized spacial score (nSPS) is 16.4. The van der Waals surface area contributed by atoms with Gasteiger partial charge in [-0.15, -0.1) is 0 Å². The van der Waals surface area contributed by atoms with Gasteiger partial charge in [0, 0.05) is 5.92 Å². The van der Waals surface area contributed by atoms with Crippen molar-refractivity contribution in [1.29, 1.82) is 0 Å². The second-order valence-electron chi connectivity index (χ2n) is 5.54. The Bertz CT molecular complexity index is 470. The summed E-state index contributed by atoms with van der Waals surface area (Å²) < 4.78 is 5.72. The Hall–Kier alpha value is -1.55. The fourth-order valence-corrected chi connectivity index (χ4v) is 2.19. The van der Waals surface area contributed by atoms with E-state index in [4.69, 9.17) is 4.74 Å². The summed E-state index contributed by atoms with van der Waals surface area (Å²) in [6.45, 7) is 8.60. The molecule has 4 nitrogen and oxygen atoms in total. The number of hydrogen-bond donors (Lipinski definition) is 2. The molecule has 1 amide bonds. The Labute approximate surface area is 120 Å². The highest BCUT2D eigenvalue weighted by Crippen LogP contribution is 2.27. The van der Waals surface area contributed by atoms with Crippen LogP contribution in [0.15, 0.2) is 18.2 Å². The van der Waals surface area contributed by atoms with Crippen molar-refractivity contribution in [1.82, 2.24) is 5.32 Å². The van der Waals surface area contributed by atoms with Gasteiger partial charge < -0.3 is 15.4 Å². The highest BCUT2D eigenvalue weighted by molar-refractivity contribution is 5.94. The van der Waals surface area contributed by atoms with Gasteiger partial charge in [-0.25, -0.2) is 0 Å². The van der Waals surface area contributed by atoms with Crippen LogP contribution in [0.2, 0.25) is 0 Å². The zero-order valence-electron chi connectivity index (χ0n) is 12.5. The number of carbonyl (C=O) groups is 1. The molecule has 2 N–H and O–H groups in total. The maximum Gasteiger partial charge on any atom is 0.227 e. The smallest absolute Gasteiger partial charge is 0.227 e. The van der Waals surface area contributed by atoms with Crippen molar-refractivity contribution in [2.45, 2.75) is 27.2 Å². The minimum absolute atomic E-state index is 0.0246. The molecule has 1 aromatic rings. The number of nitrogens with one attached hydrogen (secondary N) is 2. The summed E-state index contributed by atoms with van der Waals surface area (Å²) in [5, 5.41) is 6.21. The van der Waals surface area contributed by atoms with E-state index in [9.17, 15) is 4.79 Å². The van der Waals surface area contributed by atoms with E-state index in [0.29, 0.717) is 12.5 Å². The fourth-order valence-electron chi connectivity index (χ4n) is 2.19. The largest absolute Gasteiger partial charge is 0.491 e. The van der Waals surface area contributed by atoms with Crippen LogP contribution >= 0.6 is 0 Å². The lowest BCUT2D eigenvalue weighted by Gasteiger charge is -2.31. The first kappa shape index (κ1) is 14.9. The lowest BCUT2D eigenvalue weighted by atomic mass is 9.88. The summed E-state index contributed by atoms with van der Waals surface area (Å²) in [7, 11) is 0. The lowest BCUT2D eigenvalue weighted by Crippen LogP contribution is -2.48. The second-order valence-corrected chi connectivity index (χ2v) is 5.54. The van der Waals surface area contributed by atoms with Gasteiger partial charge in [-0.05, 0) is 50.0 Å². The monoisotopic (exact) mass is 276 g/mol. The fraction of sp³-hybridized carbons (Fsp3) is 0.562. The number of ether oxygens (including phenoxy) is 1. The number of aryl methyl sites for hydroxylation is 1. The first-order chi connectivity index (χ1) is 9.61. The van der Waals surface area contributed by atoms with Crippen LogP contribution in [0.1, 0.15) is 25.8 Å². The van der Waals surface area contributed by atoms with Crippen LogP contribution in [0.25, 0.3) is 0 Å². The van der Waals surface area contributed by atoms with Crippen molar-refractivity contribution in [3.63, 3.8) is 0 Å². The van der Waals surface area contributed by atoms with Crippen LogP contribution in [0.5, 0.6) is 5.75 Å². The predicted molar refractivity (Wildman–Crippen MR) is 81.1 cm³/mol. The van der Waals surface area contributed by atoms with Crippen LogP contribution in [-0.2, 0) is 4.79 Å². The molecule has 4 heteroatoms. The molecule has 1 saturated heterocycles. The molecule has 2 rings (SSSR count). The van der Waals surface area contributed by atoms with E-state index >= 15 is 0 Å². The van der Waals surface area contributed by atoms with Gasteiger partial charge in [0.2, 0.25) is 5.91 Å². The van der Waals surface area contributed by atoms with E-state index in [0.717, 1.165) is 36.5 Å². The molecule has 1 aliphatic heterocycles. The molecule has 20 heavy (non-hydrogen) atoms. The SMILES string of the molecule is CCCOc1cc(C)ccc1NC(=O)C(C)C1CNC1. The van der Waals surface area contributed by atoms with Gasteiger partial charge >= 0.3 is 0 Å². The third kappa shape index (κ3) is 3.51. The van der Waals surface area contributed by atoms with Crippen molar-refractivity contribution in [2.24, 2.45) is 11.8 Å². The number of amides is 1. The number of anilines is 1. The molecule has 0 bridgehead atoms. The number of rotatable bonds is 6. The van der Waals surface area contributed by atoms with Gasteiger partial charge in [0.05, 0.1) is 12.3 Å². The quantitative estimate of drug-likeness (QED) is 0.839. The first-order valence-electron chi connectivity index (χ1n) is 7.37. The lowest BCUT2D eigenvalue weighted by molar-refractivity contribution is -0.121. The molecule has 1 aromatic carbocycles. The van der Waals surface area contributed by atoms with Crippen molar-refractivity contribution < 1.29 is 9.53 Å². The standard InChI is InChI=1S/C16H24N2O2/c1-4-7-20-15-8-11(2)5-6-14(15)18-16(19)12(3)13-9-17-10-13/h5-6,8,12-13,17H,4,7,9-10H2,1-3H3,(H,18,19). The molecule has 0 radical (unpaired) electrons.